The molecule has 0 N–H and O–H groups in total. The largest absolute Gasteiger partial charge is 0.472 e. The van der Waals surface area contributed by atoms with Gasteiger partial charge in [0.1, 0.15) is 17.1 Å². The van der Waals surface area contributed by atoms with Crippen LogP contribution in [-0.4, -0.2) is 29.3 Å². The van der Waals surface area contributed by atoms with Crippen molar-refractivity contribution in [1.82, 2.24) is 9.97 Å². The highest BCUT2D eigenvalue weighted by atomic mass is 35.5. The molecule has 0 saturated heterocycles. The van der Waals surface area contributed by atoms with Crippen molar-refractivity contribution in [2.45, 2.75) is 39.7 Å². The number of aromatic nitrogens is 2. The van der Waals surface area contributed by atoms with Crippen molar-refractivity contribution in [3.05, 3.63) is 17.0 Å². The lowest BCUT2D eigenvalue weighted by molar-refractivity contribution is 0.0631. The van der Waals surface area contributed by atoms with Gasteiger partial charge in [0.2, 0.25) is 5.88 Å². The lowest BCUT2D eigenvalue weighted by Crippen LogP contribution is -2.20. The fraction of sp³-hybridized carbons (Fsp3) is 0.667. The molecule has 1 unspecified atom stereocenters. The summed E-state index contributed by atoms with van der Waals surface area (Å²) in [6.07, 6.45) is 1.74. The van der Waals surface area contributed by atoms with Crippen LogP contribution in [0, 0.1) is 0 Å². The summed E-state index contributed by atoms with van der Waals surface area (Å²) in [6.45, 7) is 7.18. The SMILES string of the molecule is CCCc1nc(Cl)cc(OC(C)COCC)n1. The minimum atomic E-state index is -0.0459. The van der Waals surface area contributed by atoms with E-state index in [1.807, 2.05) is 13.8 Å². The molecule has 0 aliphatic rings. The molecule has 0 bridgehead atoms. The molecule has 0 amide bonds. The molecule has 1 aromatic heterocycles. The van der Waals surface area contributed by atoms with E-state index >= 15 is 0 Å². The maximum atomic E-state index is 5.91. The fourth-order valence-corrected chi connectivity index (χ4v) is 1.55. The van der Waals surface area contributed by atoms with Gasteiger partial charge in [-0.15, -0.1) is 0 Å². The van der Waals surface area contributed by atoms with E-state index in [0.717, 1.165) is 18.7 Å². The van der Waals surface area contributed by atoms with Crippen molar-refractivity contribution < 1.29 is 9.47 Å². The molecule has 0 aromatic carbocycles. The topological polar surface area (TPSA) is 44.2 Å². The zero-order valence-corrected chi connectivity index (χ0v) is 11.3. The molecule has 0 saturated carbocycles. The van der Waals surface area contributed by atoms with Gasteiger partial charge in [-0.05, 0) is 20.3 Å². The Morgan fingerprint density at radius 1 is 1.35 bits per heavy atom. The van der Waals surface area contributed by atoms with Crippen molar-refractivity contribution >= 4 is 11.6 Å². The van der Waals surface area contributed by atoms with Crippen LogP contribution in [0.5, 0.6) is 5.88 Å². The van der Waals surface area contributed by atoms with Gasteiger partial charge in [0.25, 0.3) is 0 Å². The molecule has 0 radical (unpaired) electrons. The summed E-state index contributed by atoms with van der Waals surface area (Å²) in [4.78, 5) is 8.43. The highest BCUT2D eigenvalue weighted by Gasteiger charge is 2.08. The molecule has 1 heterocycles. The summed E-state index contributed by atoms with van der Waals surface area (Å²) < 4.78 is 10.9. The van der Waals surface area contributed by atoms with Gasteiger partial charge in [-0.1, -0.05) is 18.5 Å². The van der Waals surface area contributed by atoms with Crippen molar-refractivity contribution in [2.24, 2.45) is 0 Å². The van der Waals surface area contributed by atoms with Crippen LogP contribution in [0.1, 0.15) is 33.0 Å². The molecule has 0 aliphatic heterocycles. The van der Waals surface area contributed by atoms with E-state index in [2.05, 4.69) is 16.9 Å². The molecule has 0 aliphatic carbocycles. The molecule has 0 fully saturated rings. The Hall–Kier alpha value is -0.870. The number of ether oxygens (including phenoxy) is 2. The van der Waals surface area contributed by atoms with Crippen LogP contribution in [0.4, 0.5) is 0 Å². The van der Waals surface area contributed by atoms with E-state index in [9.17, 15) is 0 Å². The van der Waals surface area contributed by atoms with Crippen LogP contribution in [0.15, 0.2) is 6.07 Å². The van der Waals surface area contributed by atoms with Crippen molar-refractivity contribution in [3.8, 4) is 5.88 Å². The molecule has 1 aromatic rings. The zero-order chi connectivity index (χ0) is 12.7. The Bertz CT molecular complexity index is 347. The van der Waals surface area contributed by atoms with E-state index < -0.39 is 0 Å². The summed E-state index contributed by atoms with van der Waals surface area (Å²) >= 11 is 5.91. The molecule has 5 heteroatoms. The van der Waals surface area contributed by atoms with Crippen molar-refractivity contribution in [3.63, 3.8) is 0 Å². The first kappa shape index (κ1) is 14.2. The average Bonchev–Trinajstić information content (AvgIpc) is 2.26. The van der Waals surface area contributed by atoms with E-state index in [1.165, 1.54) is 0 Å². The highest BCUT2D eigenvalue weighted by molar-refractivity contribution is 6.29. The summed E-state index contributed by atoms with van der Waals surface area (Å²) in [5.41, 5.74) is 0. The predicted octanol–water partition coefficient (Wildman–Crippen LogP) is 2.89. The molecule has 1 rings (SSSR count). The summed E-state index contributed by atoms with van der Waals surface area (Å²) in [6, 6.07) is 1.63. The van der Waals surface area contributed by atoms with Crippen LogP contribution in [0.3, 0.4) is 0 Å². The van der Waals surface area contributed by atoms with Crippen LogP contribution in [0.25, 0.3) is 0 Å². The zero-order valence-electron chi connectivity index (χ0n) is 10.6. The van der Waals surface area contributed by atoms with Gasteiger partial charge in [0.15, 0.2) is 0 Å². The Kier molecular flexibility index (Phi) is 6.22. The van der Waals surface area contributed by atoms with Gasteiger partial charge < -0.3 is 9.47 Å². The Balaban J connectivity index is 2.63. The monoisotopic (exact) mass is 258 g/mol. The number of nitrogens with zero attached hydrogens (tertiary/aromatic N) is 2. The molecule has 17 heavy (non-hydrogen) atoms. The van der Waals surface area contributed by atoms with Crippen molar-refractivity contribution in [2.75, 3.05) is 13.2 Å². The first-order valence-corrected chi connectivity index (χ1v) is 6.31. The van der Waals surface area contributed by atoms with E-state index in [0.29, 0.717) is 24.2 Å². The minimum absolute atomic E-state index is 0.0459. The fourth-order valence-electron chi connectivity index (χ4n) is 1.36. The molecule has 0 spiro atoms. The predicted molar refractivity (Wildman–Crippen MR) is 67.6 cm³/mol. The van der Waals surface area contributed by atoms with Crippen LogP contribution in [-0.2, 0) is 11.2 Å². The van der Waals surface area contributed by atoms with Gasteiger partial charge >= 0.3 is 0 Å². The van der Waals surface area contributed by atoms with E-state index in [-0.39, 0.29) is 6.10 Å². The number of halogens is 1. The van der Waals surface area contributed by atoms with E-state index in [1.54, 1.807) is 6.07 Å². The Morgan fingerprint density at radius 2 is 2.12 bits per heavy atom. The standard InChI is InChI=1S/C12H19ClN2O2/c1-4-6-11-14-10(13)7-12(15-11)17-9(3)8-16-5-2/h7,9H,4-6,8H2,1-3H3. The van der Waals surface area contributed by atoms with Crippen LogP contribution in [0.2, 0.25) is 5.15 Å². The second kappa shape index (κ2) is 7.45. The average molecular weight is 259 g/mol. The van der Waals surface area contributed by atoms with Crippen molar-refractivity contribution in [1.29, 1.82) is 0 Å². The second-order valence-corrected chi connectivity index (χ2v) is 4.17. The van der Waals surface area contributed by atoms with Gasteiger partial charge in [0, 0.05) is 19.1 Å². The van der Waals surface area contributed by atoms with Gasteiger partial charge in [-0.3, -0.25) is 0 Å². The van der Waals surface area contributed by atoms with Gasteiger partial charge in [-0.25, -0.2) is 4.98 Å². The summed E-state index contributed by atoms with van der Waals surface area (Å²) in [5.74, 6) is 1.24. The lowest BCUT2D eigenvalue weighted by Gasteiger charge is -2.14. The summed E-state index contributed by atoms with van der Waals surface area (Å²) in [5, 5.41) is 0.419. The molecule has 96 valence electrons. The first-order chi connectivity index (χ1) is 8.15. The number of aryl methyl sites for hydroxylation is 1. The summed E-state index contributed by atoms with van der Waals surface area (Å²) in [7, 11) is 0. The van der Waals surface area contributed by atoms with Gasteiger partial charge in [0.05, 0.1) is 6.61 Å². The van der Waals surface area contributed by atoms with E-state index in [4.69, 9.17) is 21.1 Å². The molecular formula is C12H19ClN2O2. The molecule has 4 nitrogen and oxygen atoms in total. The second-order valence-electron chi connectivity index (χ2n) is 3.78. The third-order valence-corrected chi connectivity index (χ3v) is 2.26. The van der Waals surface area contributed by atoms with Crippen LogP contribution >= 0.6 is 11.6 Å². The Morgan fingerprint density at radius 3 is 2.76 bits per heavy atom. The number of hydrogen-bond donors (Lipinski definition) is 0. The maximum Gasteiger partial charge on any atom is 0.218 e. The maximum absolute atomic E-state index is 5.91. The minimum Gasteiger partial charge on any atom is -0.472 e. The number of rotatable bonds is 7. The quantitative estimate of drug-likeness (QED) is 0.706. The number of hydrogen-bond acceptors (Lipinski definition) is 4. The smallest absolute Gasteiger partial charge is 0.218 e. The highest BCUT2D eigenvalue weighted by Crippen LogP contribution is 2.15. The lowest BCUT2D eigenvalue weighted by atomic mass is 10.3. The third-order valence-electron chi connectivity index (χ3n) is 2.07. The first-order valence-electron chi connectivity index (χ1n) is 5.93. The van der Waals surface area contributed by atoms with Gasteiger partial charge in [-0.2, -0.15) is 4.98 Å². The van der Waals surface area contributed by atoms with Crippen LogP contribution < -0.4 is 4.74 Å². The Labute approximate surface area is 107 Å². The molecule has 1 atom stereocenters. The molecular weight excluding hydrogens is 240 g/mol. The third kappa shape index (κ3) is 5.33. The normalized spacial score (nSPS) is 12.5.